The van der Waals surface area contributed by atoms with Gasteiger partial charge in [0.25, 0.3) is 5.56 Å². The zero-order chi connectivity index (χ0) is 17.8. The largest absolute Gasteiger partial charge is 0.310 e. The quantitative estimate of drug-likeness (QED) is 0.694. The highest BCUT2D eigenvalue weighted by atomic mass is 127. The van der Waals surface area contributed by atoms with E-state index in [2.05, 4.69) is 41.2 Å². The molecule has 0 saturated carbocycles. The summed E-state index contributed by atoms with van der Waals surface area (Å²) >= 11 is 0.160. The number of H-pyrrole nitrogens is 1. The summed E-state index contributed by atoms with van der Waals surface area (Å²) in [6, 6.07) is 7.51. The Bertz CT molecular complexity index is 984. The van der Waals surface area contributed by atoms with Crippen LogP contribution in [0.15, 0.2) is 62.5 Å². The van der Waals surface area contributed by atoms with Crippen LogP contribution in [0.3, 0.4) is 0 Å². The van der Waals surface area contributed by atoms with Gasteiger partial charge in [0, 0.05) is 19.5 Å². The Morgan fingerprint density at radius 2 is 2.19 bits per heavy atom. The van der Waals surface area contributed by atoms with Gasteiger partial charge in [-0.2, -0.15) is 0 Å². The van der Waals surface area contributed by atoms with Crippen LogP contribution in [0, 0.1) is 0 Å². The summed E-state index contributed by atoms with van der Waals surface area (Å²) in [5, 5.41) is 0.662. The number of aryl methyl sites for hydroxylation is 1. The summed E-state index contributed by atoms with van der Waals surface area (Å²) < 4.78 is 4.66. The summed E-state index contributed by atoms with van der Waals surface area (Å²) in [5.41, 5.74) is 3.63. The van der Waals surface area contributed by atoms with E-state index in [0.717, 1.165) is 50.2 Å². The predicted octanol–water partition coefficient (Wildman–Crippen LogP) is 3.71. The van der Waals surface area contributed by atoms with Crippen molar-refractivity contribution in [2.75, 3.05) is 19.6 Å². The minimum atomic E-state index is -0.0378. The van der Waals surface area contributed by atoms with Crippen molar-refractivity contribution < 1.29 is 0 Å². The predicted molar refractivity (Wildman–Crippen MR) is 117 cm³/mol. The van der Waals surface area contributed by atoms with E-state index >= 15 is 0 Å². The zero-order valence-electron chi connectivity index (χ0n) is 14.6. The highest BCUT2D eigenvalue weighted by molar-refractivity contribution is 14.2. The molecule has 4 rings (SSSR count). The number of hydrogen-bond acceptors (Lipinski definition) is 3. The third kappa shape index (κ3) is 4.10. The van der Waals surface area contributed by atoms with E-state index in [1.54, 1.807) is 0 Å². The molecule has 2 aromatic rings. The summed E-state index contributed by atoms with van der Waals surface area (Å²) in [7, 11) is 0. The number of rotatable bonds is 5. The molecule has 4 nitrogen and oxygen atoms in total. The van der Waals surface area contributed by atoms with Crippen LogP contribution in [0.4, 0.5) is 0 Å². The molecule has 134 valence electrons. The highest BCUT2D eigenvalue weighted by Gasteiger charge is 2.13. The molecule has 0 unspecified atom stereocenters. The third-order valence-electron chi connectivity index (χ3n) is 4.84. The van der Waals surface area contributed by atoms with E-state index in [1.165, 1.54) is 11.1 Å². The van der Waals surface area contributed by atoms with E-state index in [9.17, 15) is 4.79 Å². The van der Waals surface area contributed by atoms with Crippen molar-refractivity contribution in [3.63, 3.8) is 0 Å². The fourth-order valence-electron chi connectivity index (χ4n) is 3.42. The molecule has 26 heavy (non-hydrogen) atoms. The smallest absolute Gasteiger partial charge is 0.258 e. The fraction of sp³-hybridized carbons (Fsp3) is 0.286. The molecule has 0 spiro atoms. The molecule has 0 aliphatic carbocycles. The van der Waals surface area contributed by atoms with E-state index in [1.807, 2.05) is 24.3 Å². The van der Waals surface area contributed by atoms with Crippen molar-refractivity contribution in [2.45, 2.75) is 19.3 Å². The first-order valence-electron chi connectivity index (χ1n) is 9.01. The summed E-state index contributed by atoms with van der Waals surface area (Å²) in [5.74, 6) is 0.790. The molecular weight excluding hydrogens is 437 g/mol. The van der Waals surface area contributed by atoms with Gasteiger partial charge >= 0.3 is 0 Å². The maximum atomic E-state index is 12.1. The number of para-hydroxylation sites is 1. The van der Waals surface area contributed by atoms with Crippen LogP contribution in [-0.4, -0.2) is 38.5 Å². The summed E-state index contributed by atoms with van der Waals surface area (Å²) in [6.07, 6.45) is 9.87. The van der Waals surface area contributed by atoms with Gasteiger partial charge in [0.05, 0.1) is 10.9 Å². The monoisotopic (exact) mass is 459 g/mol. The fourth-order valence-corrected chi connectivity index (χ4v) is 4.85. The Morgan fingerprint density at radius 1 is 1.27 bits per heavy atom. The molecule has 2 aliphatic rings. The van der Waals surface area contributed by atoms with E-state index in [0.29, 0.717) is 5.39 Å². The Labute approximate surface area is 163 Å². The lowest BCUT2D eigenvalue weighted by Gasteiger charge is -2.26. The van der Waals surface area contributed by atoms with Crippen molar-refractivity contribution in [1.82, 2.24) is 14.9 Å². The normalized spacial score (nSPS) is 17.7. The van der Waals surface area contributed by atoms with Crippen LogP contribution in [-0.2, 0) is 6.42 Å². The van der Waals surface area contributed by atoms with Gasteiger partial charge < -0.3 is 4.98 Å². The lowest BCUT2D eigenvalue weighted by atomic mass is 9.99. The maximum absolute atomic E-state index is 12.1. The number of benzene rings is 1. The van der Waals surface area contributed by atoms with E-state index in [4.69, 9.17) is 0 Å². The number of nitrogens with one attached hydrogen (secondary N) is 1. The Morgan fingerprint density at radius 3 is 3.00 bits per heavy atom. The van der Waals surface area contributed by atoms with Gasteiger partial charge in [-0.3, -0.25) is 9.69 Å². The maximum Gasteiger partial charge on any atom is 0.258 e. The third-order valence-corrected chi connectivity index (χ3v) is 6.39. The minimum Gasteiger partial charge on any atom is -0.310 e. The highest BCUT2D eigenvalue weighted by Crippen LogP contribution is 2.23. The zero-order valence-corrected chi connectivity index (χ0v) is 16.8. The average Bonchev–Trinajstić information content (AvgIpc) is 2.69. The SMILES string of the molecule is O=c1[nH]c(CCCN2CC=C(C3=CC=IC=C3)CC2)nc2ccccc12. The molecule has 1 N–H and O–H groups in total. The van der Waals surface area contributed by atoms with Crippen LogP contribution in [0.5, 0.6) is 0 Å². The number of aromatic nitrogens is 2. The number of fused-ring (bicyclic) bond motifs is 1. The Kier molecular flexibility index (Phi) is 5.55. The lowest BCUT2D eigenvalue weighted by molar-refractivity contribution is 0.290. The van der Waals surface area contributed by atoms with Crippen LogP contribution >= 0.6 is 20.7 Å². The molecule has 2 aliphatic heterocycles. The van der Waals surface area contributed by atoms with Crippen LogP contribution < -0.4 is 5.56 Å². The second-order valence-corrected chi connectivity index (χ2v) is 8.74. The van der Waals surface area contributed by atoms with E-state index in [-0.39, 0.29) is 26.3 Å². The van der Waals surface area contributed by atoms with Crippen molar-refractivity contribution in [2.24, 2.45) is 0 Å². The molecule has 1 aromatic heterocycles. The summed E-state index contributed by atoms with van der Waals surface area (Å²) in [4.78, 5) is 22.1. The molecule has 3 heterocycles. The average molecular weight is 459 g/mol. The van der Waals surface area contributed by atoms with Crippen LogP contribution in [0.1, 0.15) is 18.7 Å². The molecule has 5 heteroatoms. The number of nitrogens with zero attached hydrogens (tertiary/aromatic N) is 2. The molecular formula is C21H22IN3O. The van der Waals surface area contributed by atoms with Gasteiger partial charge in [0.2, 0.25) is 0 Å². The van der Waals surface area contributed by atoms with Crippen LogP contribution in [0.25, 0.3) is 10.9 Å². The number of hydrogen-bond donors (Lipinski definition) is 1. The van der Waals surface area contributed by atoms with Crippen molar-refractivity contribution in [3.8, 4) is 0 Å². The van der Waals surface area contributed by atoms with Gasteiger partial charge in [-0.25, -0.2) is 4.98 Å². The number of allylic oxidation sites excluding steroid dienone is 3. The topological polar surface area (TPSA) is 49.0 Å². The first-order chi connectivity index (χ1) is 12.8. The Balaban J connectivity index is 1.32. The standard InChI is InChI=1S/C21H22IN3O/c26-21-18-4-1-2-5-19(18)23-20(24-21)6-3-13-25-14-9-17(10-15-25)16-7-11-22-12-8-16/h1-2,4-5,7-9,11-12H,3,6,10,13-15H2,(H,23,24,26). The Hall–Kier alpha value is -1.86. The number of halogens is 1. The molecule has 0 saturated heterocycles. The molecule has 0 radical (unpaired) electrons. The van der Waals surface area contributed by atoms with Crippen molar-refractivity contribution in [3.05, 3.63) is 73.9 Å². The second kappa shape index (κ2) is 8.22. The van der Waals surface area contributed by atoms with Crippen molar-refractivity contribution in [1.29, 1.82) is 0 Å². The lowest BCUT2D eigenvalue weighted by Crippen LogP contribution is -2.30. The van der Waals surface area contributed by atoms with Gasteiger partial charge in [0.1, 0.15) is 5.82 Å². The first-order valence-corrected chi connectivity index (χ1v) is 11.5. The second-order valence-electron chi connectivity index (χ2n) is 6.58. The van der Waals surface area contributed by atoms with Crippen molar-refractivity contribution >= 4 is 35.6 Å². The molecule has 0 amide bonds. The van der Waals surface area contributed by atoms with Crippen LogP contribution in [0.2, 0.25) is 0 Å². The molecule has 0 fully saturated rings. The first kappa shape index (κ1) is 17.5. The molecule has 1 aromatic carbocycles. The molecule has 0 atom stereocenters. The van der Waals surface area contributed by atoms with Gasteiger partial charge in [-0.15, -0.1) is 0 Å². The van der Waals surface area contributed by atoms with Gasteiger partial charge in [0.15, 0.2) is 0 Å². The summed E-state index contributed by atoms with van der Waals surface area (Å²) in [6.45, 7) is 3.15. The minimum absolute atomic E-state index is 0.0378. The van der Waals surface area contributed by atoms with Gasteiger partial charge in [-0.1, -0.05) is 38.9 Å². The molecule has 0 bridgehead atoms. The van der Waals surface area contributed by atoms with Gasteiger partial charge in [-0.05, 0) is 62.9 Å². The number of aromatic amines is 1. The van der Waals surface area contributed by atoms with E-state index < -0.39 is 0 Å².